The van der Waals surface area contributed by atoms with Crippen LogP contribution < -0.4 is 10.1 Å². The van der Waals surface area contributed by atoms with Crippen molar-refractivity contribution in [1.82, 2.24) is 5.32 Å². The van der Waals surface area contributed by atoms with Crippen LogP contribution in [0.25, 0.3) is 0 Å². The van der Waals surface area contributed by atoms with E-state index in [0.717, 1.165) is 17.7 Å². The Balaban J connectivity index is 1.77. The second-order valence-corrected chi connectivity index (χ2v) is 6.58. The molecule has 3 aromatic carbocycles. The lowest BCUT2D eigenvalue weighted by atomic mass is 10.1. The van der Waals surface area contributed by atoms with E-state index in [1.54, 1.807) is 61.5 Å². The van der Waals surface area contributed by atoms with Gasteiger partial charge in [-0.05, 0) is 36.8 Å². The summed E-state index contributed by atoms with van der Waals surface area (Å²) < 4.78 is 40.4. The normalized spacial score (nSPS) is 11.4. The first kappa shape index (κ1) is 21.9. The third kappa shape index (κ3) is 5.65. The molecule has 1 amide bonds. The van der Waals surface area contributed by atoms with Gasteiger partial charge in [0, 0.05) is 25.3 Å². The van der Waals surface area contributed by atoms with E-state index in [4.69, 9.17) is 14.7 Å². The number of hydrogen-bond donors (Lipinski definition) is 1. The Morgan fingerprint density at radius 3 is 2.26 bits per heavy atom. The van der Waals surface area contributed by atoms with Gasteiger partial charge < -0.3 is 14.8 Å². The van der Waals surface area contributed by atoms with Gasteiger partial charge in [0.05, 0.1) is 17.2 Å². The summed E-state index contributed by atoms with van der Waals surface area (Å²) in [5.41, 5.74) is 0.735. The Morgan fingerprint density at radius 2 is 1.68 bits per heavy atom. The molecule has 3 rings (SSSR count). The number of nitrogens with one attached hydrogen (secondary N) is 1. The van der Waals surface area contributed by atoms with Crippen LogP contribution in [-0.2, 0) is 16.1 Å². The zero-order valence-corrected chi connectivity index (χ0v) is 16.8. The van der Waals surface area contributed by atoms with Crippen molar-refractivity contribution in [3.63, 3.8) is 0 Å². The molecular weight excluding hydrogens is 402 g/mol. The van der Waals surface area contributed by atoms with Crippen molar-refractivity contribution in [1.29, 1.82) is 5.26 Å². The zero-order valence-electron chi connectivity index (χ0n) is 16.8. The molecule has 0 heterocycles. The van der Waals surface area contributed by atoms with Gasteiger partial charge in [-0.3, -0.25) is 4.79 Å². The van der Waals surface area contributed by atoms with E-state index >= 15 is 0 Å². The van der Waals surface area contributed by atoms with Crippen LogP contribution in [-0.4, -0.2) is 12.5 Å². The number of halogens is 2. The second-order valence-electron chi connectivity index (χ2n) is 6.58. The number of para-hydroxylation sites is 1. The third-order valence-corrected chi connectivity index (χ3v) is 4.41. The van der Waals surface area contributed by atoms with E-state index in [2.05, 4.69) is 5.32 Å². The van der Waals surface area contributed by atoms with E-state index in [-0.39, 0.29) is 18.9 Å². The average Bonchev–Trinajstić information content (AvgIpc) is 2.77. The highest BCUT2D eigenvalue weighted by Gasteiger charge is 2.28. The highest BCUT2D eigenvalue weighted by molar-refractivity contribution is 5.82. The van der Waals surface area contributed by atoms with E-state index in [0.29, 0.717) is 11.3 Å². The largest absolute Gasteiger partial charge is 0.457 e. The molecule has 0 radical (unpaired) electrons. The van der Waals surface area contributed by atoms with Crippen LogP contribution in [0.1, 0.15) is 29.7 Å². The summed E-state index contributed by atoms with van der Waals surface area (Å²) in [4.78, 5) is 12.7. The molecule has 0 aliphatic heterocycles. The molecule has 0 saturated carbocycles. The summed E-state index contributed by atoms with van der Waals surface area (Å²) in [7, 11) is 0. The van der Waals surface area contributed by atoms with E-state index < -0.39 is 29.2 Å². The van der Waals surface area contributed by atoms with Crippen molar-refractivity contribution in [2.24, 2.45) is 0 Å². The van der Waals surface area contributed by atoms with E-state index in [1.165, 1.54) is 0 Å². The molecule has 1 atom stereocenters. The Bertz CT molecular complexity index is 1060. The fraction of sp³-hybridized carbons (Fsp3) is 0.167. The Morgan fingerprint density at radius 1 is 1.03 bits per heavy atom. The van der Waals surface area contributed by atoms with Crippen LogP contribution in [0.5, 0.6) is 11.5 Å². The van der Waals surface area contributed by atoms with Crippen molar-refractivity contribution in [3.8, 4) is 17.6 Å². The van der Waals surface area contributed by atoms with Gasteiger partial charge in [0.2, 0.25) is 0 Å². The van der Waals surface area contributed by atoms with Gasteiger partial charge in [0.1, 0.15) is 23.1 Å². The Hall–Kier alpha value is -3.76. The lowest BCUT2D eigenvalue weighted by Gasteiger charge is -2.19. The summed E-state index contributed by atoms with van der Waals surface area (Å²) in [6.45, 7) is 1.83. The van der Waals surface area contributed by atoms with Crippen molar-refractivity contribution >= 4 is 5.91 Å². The standard InChI is InChI=1S/C24H20F2N2O3/c1-2-30-23(24(29)28-15-17-10-8-16(14-27)9-11-17)22-20(25)12-19(13-21(22)26)31-18-6-4-3-5-7-18/h3-13,23H,2,15H2,1H3,(H,28,29)/t23-/m0/s1. The Kier molecular flexibility index (Phi) is 7.31. The molecular formula is C24H20F2N2O3. The van der Waals surface area contributed by atoms with Crippen molar-refractivity contribution in [3.05, 3.63) is 95.1 Å². The van der Waals surface area contributed by atoms with Gasteiger partial charge in [-0.2, -0.15) is 5.26 Å². The molecule has 0 aliphatic rings. The number of ether oxygens (including phenoxy) is 2. The molecule has 0 fully saturated rings. The maximum Gasteiger partial charge on any atom is 0.254 e. The molecule has 158 valence electrons. The van der Waals surface area contributed by atoms with Crippen molar-refractivity contribution in [2.75, 3.05) is 6.61 Å². The zero-order chi connectivity index (χ0) is 22.2. The molecule has 5 nitrogen and oxygen atoms in total. The van der Waals surface area contributed by atoms with E-state index in [9.17, 15) is 13.6 Å². The lowest BCUT2D eigenvalue weighted by Crippen LogP contribution is -2.31. The smallest absolute Gasteiger partial charge is 0.254 e. The molecule has 7 heteroatoms. The lowest BCUT2D eigenvalue weighted by molar-refractivity contribution is -0.133. The number of rotatable bonds is 8. The Labute approximate surface area is 178 Å². The number of carbonyl (C=O) groups is 1. The quantitative estimate of drug-likeness (QED) is 0.553. The number of hydrogen-bond acceptors (Lipinski definition) is 4. The fourth-order valence-corrected chi connectivity index (χ4v) is 2.93. The topological polar surface area (TPSA) is 71.3 Å². The number of carbonyl (C=O) groups excluding carboxylic acids is 1. The summed E-state index contributed by atoms with van der Waals surface area (Å²) in [5, 5.41) is 11.5. The van der Waals surface area contributed by atoms with Crippen LogP contribution in [0.15, 0.2) is 66.7 Å². The maximum absolute atomic E-state index is 14.8. The van der Waals surface area contributed by atoms with Gasteiger partial charge in [0.15, 0.2) is 6.10 Å². The van der Waals surface area contributed by atoms with Crippen LogP contribution >= 0.6 is 0 Å². The van der Waals surface area contributed by atoms with Crippen LogP contribution in [0, 0.1) is 23.0 Å². The second kappa shape index (κ2) is 10.3. The SMILES string of the molecule is CCO[C@H](C(=O)NCc1ccc(C#N)cc1)c1c(F)cc(Oc2ccccc2)cc1F. The number of nitrogens with zero attached hydrogens (tertiary/aromatic N) is 1. The predicted octanol–water partition coefficient (Wildman–Crippen LogP) is 5.02. The summed E-state index contributed by atoms with van der Waals surface area (Å²) >= 11 is 0. The molecule has 0 bridgehead atoms. The number of benzene rings is 3. The molecule has 0 unspecified atom stereocenters. The highest BCUT2D eigenvalue weighted by Crippen LogP contribution is 2.30. The highest BCUT2D eigenvalue weighted by atomic mass is 19.1. The van der Waals surface area contributed by atoms with E-state index in [1.807, 2.05) is 6.07 Å². The molecule has 0 aliphatic carbocycles. The summed E-state index contributed by atoms with van der Waals surface area (Å²) in [5.74, 6) is -2.18. The van der Waals surface area contributed by atoms with Gasteiger partial charge in [-0.1, -0.05) is 30.3 Å². The molecule has 3 aromatic rings. The van der Waals surface area contributed by atoms with Crippen LogP contribution in [0.3, 0.4) is 0 Å². The summed E-state index contributed by atoms with van der Waals surface area (Å²) in [6, 6.07) is 19.2. The summed E-state index contributed by atoms with van der Waals surface area (Å²) in [6.07, 6.45) is -1.46. The molecule has 31 heavy (non-hydrogen) atoms. The average molecular weight is 422 g/mol. The van der Waals surface area contributed by atoms with Gasteiger partial charge in [-0.25, -0.2) is 8.78 Å². The van der Waals surface area contributed by atoms with Crippen molar-refractivity contribution in [2.45, 2.75) is 19.6 Å². The van der Waals surface area contributed by atoms with Gasteiger partial charge >= 0.3 is 0 Å². The molecule has 0 aromatic heterocycles. The monoisotopic (exact) mass is 422 g/mol. The first-order valence-corrected chi connectivity index (χ1v) is 9.62. The van der Waals surface area contributed by atoms with Crippen LogP contribution in [0.2, 0.25) is 0 Å². The van der Waals surface area contributed by atoms with Crippen molar-refractivity contribution < 1.29 is 23.0 Å². The van der Waals surface area contributed by atoms with Crippen LogP contribution in [0.4, 0.5) is 8.78 Å². The first-order chi connectivity index (χ1) is 15.0. The molecule has 0 saturated heterocycles. The minimum Gasteiger partial charge on any atom is -0.457 e. The third-order valence-electron chi connectivity index (χ3n) is 4.41. The minimum absolute atomic E-state index is 0.0295. The minimum atomic E-state index is -1.46. The van der Waals surface area contributed by atoms with Gasteiger partial charge in [0.25, 0.3) is 5.91 Å². The fourth-order valence-electron chi connectivity index (χ4n) is 2.93. The molecule has 0 spiro atoms. The van der Waals surface area contributed by atoms with Gasteiger partial charge in [-0.15, -0.1) is 0 Å². The maximum atomic E-state index is 14.8. The predicted molar refractivity (Wildman–Crippen MR) is 110 cm³/mol. The number of nitriles is 1. The first-order valence-electron chi connectivity index (χ1n) is 9.62. The number of amides is 1. The molecule has 1 N–H and O–H groups in total.